The lowest BCUT2D eigenvalue weighted by Gasteiger charge is -2.50. The summed E-state index contributed by atoms with van der Waals surface area (Å²) in [6.07, 6.45) is 5.20. The average molecular weight is 268 g/mol. The summed E-state index contributed by atoms with van der Waals surface area (Å²) in [5, 5.41) is 1.33. The summed E-state index contributed by atoms with van der Waals surface area (Å²) in [5.41, 5.74) is 3.52. The Kier molecular flexibility index (Phi) is 2.56. The summed E-state index contributed by atoms with van der Waals surface area (Å²) in [6.45, 7) is 9.17. The number of H-pyrrole nitrogens is 1. The van der Waals surface area contributed by atoms with E-state index in [1.165, 1.54) is 22.0 Å². The van der Waals surface area contributed by atoms with Crippen LogP contribution in [0.25, 0.3) is 10.9 Å². The first-order valence-corrected chi connectivity index (χ1v) is 7.41. The molecule has 0 spiro atoms. The Hall–Kier alpha value is -1.58. The minimum atomic E-state index is -0.358. The second kappa shape index (κ2) is 4.21. The molecule has 1 N–H and O–H groups in total. The van der Waals surface area contributed by atoms with Gasteiger partial charge in [0.1, 0.15) is 5.60 Å². The molecule has 0 amide bonds. The fraction of sp³-hybridized carbons (Fsp3) is 0.412. The summed E-state index contributed by atoms with van der Waals surface area (Å²) in [6, 6.07) is 6.81. The van der Waals surface area contributed by atoms with Crippen molar-refractivity contribution in [3.63, 3.8) is 0 Å². The Bertz CT molecular complexity index is 675. The van der Waals surface area contributed by atoms with Gasteiger partial charge in [0.15, 0.2) is 0 Å². The molecule has 3 heteroatoms. The fourth-order valence-corrected chi connectivity index (χ4v) is 4.03. The smallest absolute Gasteiger partial charge is 0.127 e. The van der Waals surface area contributed by atoms with Crippen molar-refractivity contribution < 1.29 is 4.74 Å². The molecule has 2 unspecified atom stereocenters. The lowest BCUT2D eigenvalue weighted by molar-refractivity contribution is -0.124. The predicted octanol–water partition coefficient (Wildman–Crippen LogP) is 2.83. The summed E-state index contributed by atoms with van der Waals surface area (Å²) < 4.78 is 6.29. The molecule has 2 aliphatic rings. The van der Waals surface area contributed by atoms with E-state index in [1.807, 2.05) is 6.08 Å². The molecule has 1 aromatic heterocycles. The van der Waals surface area contributed by atoms with Crippen LogP contribution in [0.15, 0.2) is 37.1 Å². The highest BCUT2D eigenvalue weighted by molar-refractivity contribution is 5.89. The monoisotopic (exact) mass is 268 g/mol. The zero-order chi connectivity index (χ0) is 13.7. The fourth-order valence-electron chi connectivity index (χ4n) is 4.03. The molecule has 1 aromatic carbocycles. The first kappa shape index (κ1) is 12.2. The van der Waals surface area contributed by atoms with E-state index in [1.54, 1.807) is 0 Å². The van der Waals surface area contributed by atoms with Gasteiger partial charge in [0.2, 0.25) is 0 Å². The van der Waals surface area contributed by atoms with Crippen molar-refractivity contribution in [2.24, 2.45) is 0 Å². The van der Waals surface area contributed by atoms with Gasteiger partial charge in [-0.05, 0) is 30.2 Å². The van der Waals surface area contributed by atoms with E-state index in [4.69, 9.17) is 4.74 Å². The third-order valence-corrected chi connectivity index (χ3v) is 4.99. The molecule has 1 saturated heterocycles. The SMILES string of the molecule is C=CC12OCCN(CC)C1Cc1c[nH]c3cccc2c13. The maximum Gasteiger partial charge on any atom is 0.127 e. The largest absolute Gasteiger partial charge is 0.363 e. The first-order chi connectivity index (χ1) is 9.80. The topological polar surface area (TPSA) is 28.3 Å². The molecule has 1 fully saturated rings. The van der Waals surface area contributed by atoms with Gasteiger partial charge < -0.3 is 9.72 Å². The number of nitrogens with zero attached hydrogens (tertiary/aromatic N) is 1. The van der Waals surface area contributed by atoms with Gasteiger partial charge in [-0.15, -0.1) is 0 Å². The van der Waals surface area contributed by atoms with E-state index in [0.29, 0.717) is 6.04 Å². The lowest BCUT2D eigenvalue weighted by Crippen LogP contribution is -2.59. The van der Waals surface area contributed by atoms with Crippen LogP contribution in [0, 0.1) is 0 Å². The van der Waals surface area contributed by atoms with E-state index < -0.39 is 0 Å². The number of aromatic nitrogens is 1. The van der Waals surface area contributed by atoms with Gasteiger partial charge in [-0.3, -0.25) is 4.90 Å². The van der Waals surface area contributed by atoms with Crippen LogP contribution in [0.1, 0.15) is 18.1 Å². The standard InChI is InChI=1S/C17H20N2O/c1-3-17-13-6-5-7-14-16(13)12(11-18-14)10-15(17)19(4-2)8-9-20-17/h3,5-7,11,15,18H,1,4,8-10H2,2H3. The van der Waals surface area contributed by atoms with Crippen LogP contribution >= 0.6 is 0 Å². The zero-order valence-corrected chi connectivity index (χ0v) is 11.9. The molecule has 0 radical (unpaired) electrons. The third-order valence-electron chi connectivity index (χ3n) is 4.99. The summed E-state index contributed by atoms with van der Waals surface area (Å²) >= 11 is 0. The highest BCUT2D eigenvalue weighted by Crippen LogP contribution is 2.46. The molecule has 1 aliphatic heterocycles. The first-order valence-electron chi connectivity index (χ1n) is 7.41. The normalized spacial score (nSPS) is 29.4. The highest BCUT2D eigenvalue weighted by atomic mass is 16.5. The van der Waals surface area contributed by atoms with Gasteiger partial charge in [-0.25, -0.2) is 0 Å². The van der Waals surface area contributed by atoms with Crippen molar-refractivity contribution >= 4 is 10.9 Å². The molecule has 1 aliphatic carbocycles. The molecule has 2 heterocycles. The van der Waals surface area contributed by atoms with Crippen molar-refractivity contribution in [1.82, 2.24) is 9.88 Å². The van der Waals surface area contributed by atoms with Gasteiger partial charge in [-0.1, -0.05) is 31.7 Å². The Balaban J connectivity index is 2.00. The van der Waals surface area contributed by atoms with Crippen LogP contribution in [-0.4, -0.2) is 35.6 Å². The van der Waals surface area contributed by atoms with Crippen molar-refractivity contribution in [3.05, 3.63) is 48.2 Å². The molecule has 2 atom stereocenters. The summed E-state index contributed by atoms with van der Waals surface area (Å²) in [5.74, 6) is 0. The lowest BCUT2D eigenvalue weighted by atomic mass is 9.74. The summed E-state index contributed by atoms with van der Waals surface area (Å²) in [4.78, 5) is 5.92. The van der Waals surface area contributed by atoms with E-state index in [-0.39, 0.29) is 5.60 Å². The van der Waals surface area contributed by atoms with Gasteiger partial charge in [0.05, 0.1) is 12.6 Å². The van der Waals surface area contributed by atoms with E-state index >= 15 is 0 Å². The van der Waals surface area contributed by atoms with Crippen molar-refractivity contribution in [1.29, 1.82) is 0 Å². The van der Waals surface area contributed by atoms with Crippen LogP contribution in [0.2, 0.25) is 0 Å². The quantitative estimate of drug-likeness (QED) is 0.848. The molecule has 0 saturated carbocycles. The second-order valence-electron chi connectivity index (χ2n) is 5.74. The number of morpholine rings is 1. The van der Waals surface area contributed by atoms with Gasteiger partial charge in [-0.2, -0.15) is 0 Å². The molecule has 104 valence electrons. The Morgan fingerprint density at radius 2 is 2.45 bits per heavy atom. The zero-order valence-electron chi connectivity index (χ0n) is 11.9. The molecule has 20 heavy (non-hydrogen) atoms. The maximum absolute atomic E-state index is 6.29. The minimum Gasteiger partial charge on any atom is -0.363 e. The van der Waals surface area contributed by atoms with Gasteiger partial charge >= 0.3 is 0 Å². The van der Waals surface area contributed by atoms with Crippen molar-refractivity contribution in [2.45, 2.75) is 25.0 Å². The minimum absolute atomic E-state index is 0.354. The molecule has 0 bridgehead atoms. The third kappa shape index (κ3) is 1.37. The van der Waals surface area contributed by atoms with Crippen molar-refractivity contribution in [2.75, 3.05) is 19.7 Å². The molecule has 4 rings (SSSR count). The number of hydrogen-bond acceptors (Lipinski definition) is 2. The molecule has 3 nitrogen and oxygen atoms in total. The number of ether oxygens (including phenoxy) is 1. The van der Waals surface area contributed by atoms with Gasteiger partial charge in [0.25, 0.3) is 0 Å². The predicted molar refractivity (Wildman–Crippen MR) is 80.9 cm³/mol. The van der Waals surface area contributed by atoms with Crippen molar-refractivity contribution in [3.8, 4) is 0 Å². The van der Waals surface area contributed by atoms with E-state index in [2.05, 4.69) is 47.8 Å². The van der Waals surface area contributed by atoms with Crippen LogP contribution in [0.4, 0.5) is 0 Å². The number of rotatable bonds is 2. The van der Waals surface area contributed by atoms with E-state index in [9.17, 15) is 0 Å². The number of fused-ring (bicyclic) bond motifs is 2. The number of likely N-dealkylation sites (N-methyl/N-ethyl adjacent to an activating group) is 1. The number of hydrogen-bond donors (Lipinski definition) is 1. The number of nitrogens with one attached hydrogen (secondary N) is 1. The molecular formula is C17H20N2O. The number of benzene rings is 1. The van der Waals surface area contributed by atoms with E-state index in [0.717, 1.165) is 26.1 Å². The Morgan fingerprint density at radius 3 is 3.25 bits per heavy atom. The van der Waals surface area contributed by atoms with Gasteiger partial charge in [0, 0.05) is 23.6 Å². The second-order valence-corrected chi connectivity index (χ2v) is 5.74. The Labute approximate surface area is 119 Å². The van der Waals surface area contributed by atoms with Crippen LogP contribution in [0.5, 0.6) is 0 Å². The number of aromatic amines is 1. The van der Waals surface area contributed by atoms with Crippen LogP contribution < -0.4 is 0 Å². The van der Waals surface area contributed by atoms with Crippen LogP contribution in [-0.2, 0) is 16.8 Å². The molecular weight excluding hydrogens is 248 g/mol. The average Bonchev–Trinajstić information content (AvgIpc) is 2.91. The molecule has 2 aromatic rings. The van der Waals surface area contributed by atoms with Crippen LogP contribution in [0.3, 0.4) is 0 Å². The maximum atomic E-state index is 6.29. The summed E-state index contributed by atoms with van der Waals surface area (Å²) in [7, 11) is 0. The highest BCUT2D eigenvalue weighted by Gasteiger charge is 2.48. The Morgan fingerprint density at radius 1 is 1.55 bits per heavy atom.